The van der Waals surface area contributed by atoms with Crippen LogP contribution in [0.25, 0.3) is 33.8 Å². The molecule has 1 aliphatic heterocycles. The van der Waals surface area contributed by atoms with Crippen LogP contribution in [0.5, 0.6) is 0 Å². The van der Waals surface area contributed by atoms with Gasteiger partial charge in [0.15, 0.2) is 0 Å². The number of fused-ring (bicyclic) bond motifs is 1. The molecule has 0 spiro atoms. The molecule has 1 aliphatic carbocycles. The smallest absolute Gasteiger partial charge is 0.375 e. The predicted molar refractivity (Wildman–Crippen MR) is 158 cm³/mol. The number of amides is 1. The Balaban J connectivity index is 1.50. The zero-order valence-corrected chi connectivity index (χ0v) is 24.8. The molecule has 1 saturated heterocycles. The third-order valence-electron chi connectivity index (χ3n) is 8.45. The Hall–Kier alpha value is -3.77. The summed E-state index contributed by atoms with van der Waals surface area (Å²) in [7, 11) is 1.54. The number of ether oxygens (including phenoxy) is 1. The Kier molecular flexibility index (Phi) is 8.00. The molecule has 1 atom stereocenters. The number of carbonyl (C=O) groups excluding carboxylic acids is 1. The molecule has 2 fully saturated rings. The van der Waals surface area contributed by atoms with Crippen molar-refractivity contribution >= 4 is 34.5 Å². The number of anilines is 1. The number of carbonyl (C=O) groups is 1. The average Bonchev–Trinajstić information content (AvgIpc) is 3.57. The van der Waals surface area contributed by atoms with Crippen molar-refractivity contribution in [3.05, 3.63) is 40.1 Å². The molecule has 42 heavy (non-hydrogen) atoms. The van der Waals surface area contributed by atoms with Gasteiger partial charge in [-0.2, -0.15) is 0 Å². The number of imidazole rings is 1. The number of pyridine rings is 2. The summed E-state index contributed by atoms with van der Waals surface area (Å²) in [4.78, 5) is 45.6. The Labute approximate surface area is 248 Å². The van der Waals surface area contributed by atoms with Crippen LogP contribution >= 0.6 is 11.6 Å². The van der Waals surface area contributed by atoms with Crippen molar-refractivity contribution in [2.24, 2.45) is 11.8 Å². The Morgan fingerprint density at radius 3 is 2.64 bits per heavy atom. The Morgan fingerprint density at radius 2 is 1.95 bits per heavy atom. The maximum Gasteiger partial charge on any atom is 0.439 e. The zero-order chi connectivity index (χ0) is 29.4. The number of halogens is 1. The number of nitrogens with zero attached hydrogens (tertiary/aromatic N) is 7. The molecule has 4 aromatic heterocycles. The third-order valence-corrected chi connectivity index (χ3v) is 8.65. The minimum atomic E-state index is -0.662. The van der Waals surface area contributed by atoms with Crippen LogP contribution in [0.3, 0.4) is 0 Å². The maximum absolute atomic E-state index is 12.6. The van der Waals surface area contributed by atoms with Crippen LogP contribution in [-0.2, 0) is 16.1 Å². The van der Waals surface area contributed by atoms with Gasteiger partial charge >= 0.3 is 5.76 Å². The van der Waals surface area contributed by atoms with Crippen molar-refractivity contribution in [2.75, 3.05) is 38.3 Å². The summed E-state index contributed by atoms with van der Waals surface area (Å²) in [6.07, 6.45) is 8.01. The molecular weight excluding hydrogens is 560 g/mol. The van der Waals surface area contributed by atoms with Gasteiger partial charge in [0.2, 0.25) is 17.7 Å². The number of nitrogens with one attached hydrogen (secondary N) is 1. The molecule has 0 bridgehead atoms. The minimum Gasteiger partial charge on any atom is -0.375 e. The van der Waals surface area contributed by atoms with Crippen molar-refractivity contribution < 1.29 is 14.1 Å². The average molecular weight is 595 g/mol. The zero-order valence-electron chi connectivity index (χ0n) is 24.0. The summed E-state index contributed by atoms with van der Waals surface area (Å²) >= 11 is 6.39. The van der Waals surface area contributed by atoms with E-state index in [1.54, 1.807) is 12.4 Å². The van der Waals surface area contributed by atoms with E-state index in [0.29, 0.717) is 47.5 Å². The summed E-state index contributed by atoms with van der Waals surface area (Å²) in [5.74, 6) is 1.60. The van der Waals surface area contributed by atoms with Gasteiger partial charge < -0.3 is 19.1 Å². The van der Waals surface area contributed by atoms with Gasteiger partial charge in [0.1, 0.15) is 12.3 Å². The molecule has 12 nitrogen and oxygen atoms in total. The first kappa shape index (κ1) is 28.4. The van der Waals surface area contributed by atoms with E-state index in [4.69, 9.17) is 30.8 Å². The highest BCUT2D eigenvalue weighted by molar-refractivity contribution is 6.30. The molecule has 5 heterocycles. The highest BCUT2D eigenvalue weighted by atomic mass is 35.5. The first-order valence-corrected chi connectivity index (χ1v) is 14.8. The van der Waals surface area contributed by atoms with Gasteiger partial charge in [0.05, 0.1) is 21.7 Å². The second-order valence-corrected chi connectivity index (χ2v) is 12.0. The molecule has 1 amide bonds. The van der Waals surface area contributed by atoms with Crippen LogP contribution in [0.4, 0.5) is 5.95 Å². The van der Waals surface area contributed by atoms with Crippen LogP contribution in [0.15, 0.2) is 33.8 Å². The van der Waals surface area contributed by atoms with E-state index in [-0.39, 0.29) is 24.4 Å². The number of piperazine rings is 1. The van der Waals surface area contributed by atoms with Crippen molar-refractivity contribution in [1.29, 1.82) is 0 Å². The molecule has 6 rings (SSSR count). The number of aromatic nitrogens is 6. The number of hydrogen-bond donors (Lipinski definition) is 1. The highest BCUT2D eigenvalue weighted by Crippen LogP contribution is 2.37. The Bertz CT molecular complexity index is 1640. The standard InChI is InChI=1S/C29H35ClN8O4/c1-17-4-6-19(7-5-17)15-38-26-22(33-28(38)37-9-8-36(14-18(37)2)24(39)16-41-3)11-23(27-34-29(40)42-35-27)32-25(26)20-10-21(30)13-31-12-20/h10-13,17-19H,4-9,14-16H2,1-3H3,(H,34,35,40)/t17?,18-,19?/m1/s1. The molecule has 0 aromatic carbocycles. The van der Waals surface area contributed by atoms with Crippen molar-refractivity contribution in [2.45, 2.75) is 52.1 Å². The topological polar surface area (TPSA) is 135 Å². The Morgan fingerprint density at radius 1 is 1.14 bits per heavy atom. The fourth-order valence-electron chi connectivity index (χ4n) is 6.21. The highest BCUT2D eigenvalue weighted by Gasteiger charge is 2.32. The number of aromatic amines is 1. The fourth-order valence-corrected chi connectivity index (χ4v) is 6.38. The van der Waals surface area contributed by atoms with Crippen molar-refractivity contribution in [3.63, 3.8) is 0 Å². The normalized spacial score (nSPS) is 21.3. The number of methoxy groups -OCH3 is 1. The lowest BCUT2D eigenvalue weighted by atomic mass is 9.83. The van der Waals surface area contributed by atoms with Crippen LogP contribution < -0.4 is 10.7 Å². The summed E-state index contributed by atoms with van der Waals surface area (Å²) in [6, 6.07) is 3.68. The molecule has 1 saturated carbocycles. The van der Waals surface area contributed by atoms with Crippen LogP contribution in [-0.4, -0.2) is 79.9 Å². The van der Waals surface area contributed by atoms with Crippen LogP contribution in [0.2, 0.25) is 5.02 Å². The number of H-pyrrole nitrogens is 1. The van der Waals surface area contributed by atoms with Gasteiger partial charge in [-0.25, -0.2) is 14.8 Å². The van der Waals surface area contributed by atoms with E-state index in [2.05, 4.69) is 38.4 Å². The minimum absolute atomic E-state index is 0.0139. The number of hydrogen-bond acceptors (Lipinski definition) is 9. The lowest BCUT2D eigenvalue weighted by molar-refractivity contribution is -0.135. The van der Waals surface area contributed by atoms with Crippen molar-refractivity contribution in [1.82, 2.24) is 34.6 Å². The van der Waals surface area contributed by atoms with E-state index in [9.17, 15) is 9.59 Å². The van der Waals surface area contributed by atoms with Gasteiger partial charge in [-0.15, -0.1) is 0 Å². The summed E-state index contributed by atoms with van der Waals surface area (Å²) in [5, 5.41) is 4.36. The summed E-state index contributed by atoms with van der Waals surface area (Å²) < 4.78 is 12.2. The quantitative estimate of drug-likeness (QED) is 0.337. The largest absolute Gasteiger partial charge is 0.439 e. The molecule has 2 aliphatic rings. The van der Waals surface area contributed by atoms with Crippen molar-refractivity contribution in [3.8, 4) is 22.8 Å². The van der Waals surface area contributed by atoms with Crippen LogP contribution in [0.1, 0.15) is 39.5 Å². The van der Waals surface area contributed by atoms with E-state index in [0.717, 1.165) is 42.3 Å². The lowest BCUT2D eigenvalue weighted by Crippen LogP contribution is -2.55. The molecular formula is C29H35ClN8O4. The SMILES string of the molecule is COCC(=O)N1CCN(c2nc3cc(-c4noc(=O)[nH]4)nc(-c4cncc(Cl)c4)c3n2CC2CCC(C)CC2)[C@H](C)C1. The summed E-state index contributed by atoms with van der Waals surface area (Å²) in [6.45, 7) is 7.07. The van der Waals surface area contributed by atoms with E-state index in [1.165, 1.54) is 20.0 Å². The molecule has 13 heteroatoms. The first-order chi connectivity index (χ1) is 20.3. The molecule has 0 unspecified atom stereocenters. The third kappa shape index (κ3) is 5.65. The first-order valence-electron chi connectivity index (χ1n) is 14.4. The maximum atomic E-state index is 12.6. The molecule has 4 aromatic rings. The monoisotopic (exact) mass is 594 g/mol. The van der Waals surface area contributed by atoms with E-state index >= 15 is 0 Å². The second-order valence-electron chi connectivity index (χ2n) is 11.5. The second kappa shape index (κ2) is 11.8. The number of rotatable bonds is 7. The van der Waals surface area contributed by atoms with E-state index in [1.807, 2.05) is 17.0 Å². The van der Waals surface area contributed by atoms with E-state index < -0.39 is 5.76 Å². The van der Waals surface area contributed by atoms with Gasteiger partial charge in [0.25, 0.3) is 0 Å². The van der Waals surface area contributed by atoms with Gasteiger partial charge in [-0.3, -0.25) is 19.3 Å². The lowest BCUT2D eigenvalue weighted by Gasteiger charge is -2.40. The predicted octanol–water partition coefficient (Wildman–Crippen LogP) is 4.00. The molecule has 222 valence electrons. The molecule has 0 radical (unpaired) electrons. The summed E-state index contributed by atoms with van der Waals surface area (Å²) in [5.41, 5.74) is 3.38. The van der Waals surface area contributed by atoms with Gasteiger partial charge in [-0.05, 0) is 43.7 Å². The van der Waals surface area contributed by atoms with Gasteiger partial charge in [-0.1, -0.05) is 36.5 Å². The molecule has 1 N–H and O–H groups in total. The van der Waals surface area contributed by atoms with Crippen LogP contribution in [0, 0.1) is 11.8 Å². The fraction of sp³-hybridized carbons (Fsp3) is 0.517. The van der Waals surface area contributed by atoms with Gasteiger partial charge in [0, 0.05) is 57.3 Å².